The van der Waals surface area contributed by atoms with Crippen LogP contribution in [0.5, 0.6) is 11.5 Å². The summed E-state index contributed by atoms with van der Waals surface area (Å²) in [7, 11) is 1.43. The Morgan fingerprint density at radius 3 is 2.54 bits per heavy atom. The van der Waals surface area contributed by atoms with Crippen molar-refractivity contribution in [3.8, 4) is 11.5 Å². The predicted octanol–water partition coefficient (Wildman–Crippen LogP) is 2.98. The summed E-state index contributed by atoms with van der Waals surface area (Å²) in [6, 6.07) is 9.82. The number of hydrogen-bond donors (Lipinski definition) is 1. The number of amides is 1. The molecule has 0 saturated heterocycles. The Balaban J connectivity index is 1.81. The second kappa shape index (κ2) is 7.40. The molecular formula is C18H13FN2O4S. The van der Waals surface area contributed by atoms with E-state index in [0.717, 1.165) is 11.8 Å². The van der Waals surface area contributed by atoms with Crippen molar-refractivity contribution in [2.75, 3.05) is 7.11 Å². The van der Waals surface area contributed by atoms with Gasteiger partial charge < -0.3 is 15.2 Å². The molecule has 1 heterocycles. The first-order chi connectivity index (χ1) is 12.5. The van der Waals surface area contributed by atoms with Crippen LogP contribution in [0.1, 0.15) is 15.9 Å². The lowest BCUT2D eigenvalue weighted by atomic mass is 10.2. The number of benzene rings is 2. The number of carbonyl (C=O) groups excluding carboxylic acids is 2. The fourth-order valence-electron chi connectivity index (χ4n) is 2.18. The van der Waals surface area contributed by atoms with E-state index >= 15 is 0 Å². The summed E-state index contributed by atoms with van der Waals surface area (Å²) in [6.45, 7) is 0. The van der Waals surface area contributed by atoms with E-state index in [2.05, 4.69) is 4.99 Å². The van der Waals surface area contributed by atoms with Crippen molar-refractivity contribution in [1.29, 1.82) is 0 Å². The number of hydrogen-bond acceptors (Lipinski definition) is 6. The molecule has 2 aromatic rings. The van der Waals surface area contributed by atoms with E-state index < -0.39 is 17.7 Å². The lowest BCUT2D eigenvalue weighted by molar-refractivity contribution is -0.113. The van der Waals surface area contributed by atoms with Gasteiger partial charge in [0.2, 0.25) is 0 Å². The molecule has 26 heavy (non-hydrogen) atoms. The maximum absolute atomic E-state index is 12.9. The Bertz CT molecular complexity index is 939. The van der Waals surface area contributed by atoms with Crippen LogP contribution in [0.15, 0.2) is 52.4 Å². The molecule has 8 heteroatoms. The van der Waals surface area contributed by atoms with Gasteiger partial charge in [-0.25, -0.2) is 9.18 Å². The highest BCUT2D eigenvalue weighted by Crippen LogP contribution is 2.32. The topological polar surface area (TPSA) is 91.0 Å². The van der Waals surface area contributed by atoms with Crippen LogP contribution < -0.4 is 15.2 Å². The summed E-state index contributed by atoms with van der Waals surface area (Å²) in [6.07, 6.45) is 1.62. The summed E-state index contributed by atoms with van der Waals surface area (Å²) in [5.74, 6) is -0.986. The Hall–Kier alpha value is -3.13. The molecule has 0 radical (unpaired) electrons. The summed E-state index contributed by atoms with van der Waals surface area (Å²) < 4.78 is 23.5. The highest BCUT2D eigenvalue weighted by atomic mass is 32.2. The summed E-state index contributed by atoms with van der Waals surface area (Å²) >= 11 is 1.08. The van der Waals surface area contributed by atoms with Gasteiger partial charge in [-0.05, 0) is 59.8 Å². The van der Waals surface area contributed by atoms with Crippen LogP contribution in [0.25, 0.3) is 6.08 Å². The Morgan fingerprint density at radius 1 is 1.19 bits per heavy atom. The summed E-state index contributed by atoms with van der Waals surface area (Å²) in [5.41, 5.74) is 6.38. The quantitative estimate of drug-likeness (QED) is 0.504. The number of carbonyl (C=O) groups is 2. The maximum Gasteiger partial charge on any atom is 0.343 e. The molecule has 1 aliphatic heterocycles. The number of nitrogens with zero attached hydrogens (tertiary/aromatic N) is 1. The largest absolute Gasteiger partial charge is 0.493 e. The predicted molar refractivity (Wildman–Crippen MR) is 96.5 cm³/mol. The first-order valence-electron chi connectivity index (χ1n) is 7.40. The van der Waals surface area contributed by atoms with Crippen LogP contribution in [0.4, 0.5) is 4.39 Å². The average Bonchev–Trinajstić information content (AvgIpc) is 2.93. The molecule has 0 bridgehead atoms. The van der Waals surface area contributed by atoms with Crippen molar-refractivity contribution >= 4 is 34.9 Å². The minimum absolute atomic E-state index is 0.193. The molecule has 0 aromatic heterocycles. The SMILES string of the molecule is COc1cc(/C=C2/SC(N)=NC2=O)ccc1OC(=O)c1ccc(F)cc1. The molecule has 0 unspecified atom stereocenters. The van der Waals surface area contributed by atoms with E-state index in [1.807, 2.05) is 0 Å². The monoisotopic (exact) mass is 372 g/mol. The van der Waals surface area contributed by atoms with E-state index in [4.69, 9.17) is 15.2 Å². The summed E-state index contributed by atoms with van der Waals surface area (Å²) in [5, 5.41) is 0.193. The van der Waals surface area contributed by atoms with Crippen molar-refractivity contribution in [3.63, 3.8) is 0 Å². The average molecular weight is 372 g/mol. The van der Waals surface area contributed by atoms with E-state index in [1.165, 1.54) is 31.4 Å². The third-order valence-electron chi connectivity index (χ3n) is 3.41. The zero-order chi connectivity index (χ0) is 18.7. The number of thioether (sulfide) groups is 1. The Kier molecular flexibility index (Phi) is 5.04. The van der Waals surface area contributed by atoms with Gasteiger partial charge >= 0.3 is 5.97 Å². The third-order valence-corrected chi connectivity index (χ3v) is 4.22. The first-order valence-corrected chi connectivity index (χ1v) is 8.22. The highest BCUT2D eigenvalue weighted by molar-refractivity contribution is 8.18. The zero-order valence-electron chi connectivity index (χ0n) is 13.6. The molecule has 3 rings (SSSR count). The van der Waals surface area contributed by atoms with E-state index in [1.54, 1.807) is 24.3 Å². The highest BCUT2D eigenvalue weighted by Gasteiger charge is 2.20. The fraction of sp³-hybridized carbons (Fsp3) is 0.0556. The Labute approximate surface area is 152 Å². The molecule has 0 aliphatic carbocycles. The molecule has 0 atom stereocenters. The first kappa shape index (κ1) is 17.7. The molecule has 1 amide bonds. The second-order valence-corrected chi connectivity index (χ2v) is 6.23. The van der Waals surface area contributed by atoms with Crippen molar-refractivity contribution in [3.05, 3.63) is 64.3 Å². The van der Waals surface area contributed by atoms with Gasteiger partial charge in [-0.1, -0.05) is 6.07 Å². The molecule has 132 valence electrons. The van der Waals surface area contributed by atoms with Gasteiger partial charge in [-0.15, -0.1) is 0 Å². The van der Waals surface area contributed by atoms with Gasteiger partial charge in [0.15, 0.2) is 16.7 Å². The lowest BCUT2D eigenvalue weighted by Crippen LogP contribution is -2.09. The zero-order valence-corrected chi connectivity index (χ0v) is 14.4. The number of methoxy groups -OCH3 is 1. The molecule has 0 fully saturated rings. The van der Waals surface area contributed by atoms with E-state index in [-0.39, 0.29) is 16.5 Å². The number of rotatable bonds is 4. The molecule has 0 spiro atoms. The van der Waals surface area contributed by atoms with Crippen molar-refractivity contribution in [1.82, 2.24) is 0 Å². The normalized spacial score (nSPS) is 15.1. The van der Waals surface area contributed by atoms with E-state index in [0.29, 0.717) is 16.2 Å². The lowest BCUT2D eigenvalue weighted by Gasteiger charge is -2.10. The third kappa shape index (κ3) is 3.92. The van der Waals surface area contributed by atoms with Gasteiger partial charge in [0.25, 0.3) is 5.91 Å². The molecule has 1 aliphatic rings. The number of ether oxygens (including phenoxy) is 2. The number of esters is 1. The van der Waals surface area contributed by atoms with E-state index in [9.17, 15) is 14.0 Å². The number of halogens is 1. The van der Waals surface area contributed by atoms with Gasteiger partial charge in [0.05, 0.1) is 17.6 Å². The number of amidine groups is 1. The molecule has 6 nitrogen and oxygen atoms in total. The molecule has 2 aromatic carbocycles. The van der Waals surface area contributed by atoms with Gasteiger partial charge in [0.1, 0.15) is 5.82 Å². The van der Waals surface area contributed by atoms with Crippen LogP contribution >= 0.6 is 11.8 Å². The minimum atomic E-state index is -0.642. The van der Waals surface area contributed by atoms with Crippen molar-refractivity contribution in [2.45, 2.75) is 0 Å². The Morgan fingerprint density at radius 2 is 1.92 bits per heavy atom. The minimum Gasteiger partial charge on any atom is -0.493 e. The van der Waals surface area contributed by atoms with Crippen LogP contribution in [-0.4, -0.2) is 24.2 Å². The standard InChI is InChI=1S/C18H13FN2O4S/c1-24-14-8-10(9-15-16(22)21-18(20)26-15)2-7-13(14)25-17(23)11-3-5-12(19)6-4-11/h2-9H,1H3,(H2,20,21,22)/b15-9+. The fourth-order valence-corrected chi connectivity index (χ4v) is 2.86. The second-order valence-electron chi connectivity index (χ2n) is 5.17. The van der Waals surface area contributed by atoms with Crippen LogP contribution in [-0.2, 0) is 4.79 Å². The van der Waals surface area contributed by atoms with Gasteiger partial charge in [-0.2, -0.15) is 4.99 Å². The van der Waals surface area contributed by atoms with Crippen molar-refractivity contribution in [2.24, 2.45) is 10.7 Å². The number of nitrogens with two attached hydrogens (primary N) is 1. The van der Waals surface area contributed by atoms with Gasteiger partial charge in [0, 0.05) is 0 Å². The maximum atomic E-state index is 12.9. The smallest absolute Gasteiger partial charge is 0.343 e. The summed E-state index contributed by atoms with van der Waals surface area (Å²) in [4.78, 5) is 27.8. The van der Waals surface area contributed by atoms with Crippen LogP contribution in [0.2, 0.25) is 0 Å². The van der Waals surface area contributed by atoms with Crippen LogP contribution in [0, 0.1) is 5.82 Å². The van der Waals surface area contributed by atoms with Gasteiger partial charge in [-0.3, -0.25) is 4.79 Å². The molecule has 0 saturated carbocycles. The van der Waals surface area contributed by atoms with Crippen LogP contribution in [0.3, 0.4) is 0 Å². The molecular weight excluding hydrogens is 359 g/mol. The van der Waals surface area contributed by atoms with Crippen molar-refractivity contribution < 1.29 is 23.5 Å². The number of aliphatic imine (C=N–C) groups is 1. The molecule has 2 N–H and O–H groups in total.